The van der Waals surface area contributed by atoms with Crippen LogP contribution in [0.1, 0.15) is 36.5 Å². The van der Waals surface area contributed by atoms with Crippen LogP contribution >= 0.6 is 11.6 Å². The summed E-state index contributed by atoms with van der Waals surface area (Å²) in [6.45, 7) is 0.817. The average molecular weight is 642 g/mol. The highest BCUT2D eigenvalue weighted by molar-refractivity contribution is 7.92. The van der Waals surface area contributed by atoms with E-state index >= 15 is 0 Å². The van der Waals surface area contributed by atoms with E-state index in [4.69, 9.17) is 11.6 Å². The third-order valence-electron chi connectivity index (χ3n) is 6.62. The molecule has 0 unspecified atom stereocenters. The van der Waals surface area contributed by atoms with Crippen LogP contribution in [0, 0.1) is 5.82 Å². The van der Waals surface area contributed by atoms with Crippen molar-refractivity contribution in [3.63, 3.8) is 0 Å². The molecule has 0 saturated carbocycles. The van der Waals surface area contributed by atoms with Gasteiger partial charge in [-0.25, -0.2) is 12.8 Å². The molecular weight excluding hydrogens is 610 g/mol. The Balaban J connectivity index is 2.11. The summed E-state index contributed by atoms with van der Waals surface area (Å²) in [4.78, 5) is 28.6. The zero-order chi connectivity index (χ0) is 31.8. The number of nitrogens with zero attached hydrogens (tertiary/aromatic N) is 2. The summed E-state index contributed by atoms with van der Waals surface area (Å²) in [5.74, 6) is -2.16. The lowest BCUT2D eigenvalue weighted by atomic mass is 10.0. The fourth-order valence-electron chi connectivity index (χ4n) is 4.35. The summed E-state index contributed by atoms with van der Waals surface area (Å²) >= 11 is 6.14. The highest BCUT2D eigenvalue weighted by Gasteiger charge is 2.36. The van der Waals surface area contributed by atoms with E-state index in [-0.39, 0.29) is 17.0 Å². The highest BCUT2D eigenvalue weighted by Crippen LogP contribution is 2.36. The van der Waals surface area contributed by atoms with Gasteiger partial charge in [0.2, 0.25) is 21.8 Å². The van der Waals surface area contributed by atoms with Crippen molar-refractivity contribution in [2.45, 2.75) is 44.9 Å². The molecule has 0 fully saturated rings. The number of nitrogens with one attached hydrogen (secondary N) is 1. The summed E-state index contributed by atoms with van der Waals surface area (Å²) in [6.07, 6.45) is -2.66. The number of halogens is 5. The van der Waals surface area contributed by atoms with Gasteiger partial charge >= 0.3 is 6.18 Å². The van der Waals surface area contributed by atoms with E-state index in [2.05, 4.69) is 5.32 Å². The first kappa shape index (κ1) is 33.9. The molecule has 0 saturated heterocycles. The molecule has 232 valence electrons. The molecule has 0 aliphatic rings. The van der Waals surface area contributed by atoms with Gasteiger partial charge in [-0.2, -0.15) is 13.2 Å². The van der Waals surface area contributed by atoms with E-state index < -0.39 is 64.2 Å². The molecule has 0 bridgehead atoms. The van der Waals surface area contributed by atoms with E-state index in [1.165, 1.54) is 18.2 Å². The van der Waals surface area contributed by atoms with E-state index in [0.29, 0.717) is 35.0 Å². The van der Waals surface area contributed by atoms with Gasteiger partial charge in [-0.3, -0.25) is 13.9 Å². The Morgan fingerprint density at radius 2 is 1.65 bits per heavy atom. The molecule has 0 aliphatic carbocycles. The first-order chi connectivity index (χ1) is 20.2. The van der Waals surface area contributed by atoms with Gasteiger partial charge in [0.1, 0.15) is 18.4 Å². The van der Waals surface area contributed by atoms with Crippen molar-refractivity contribution < 1.29 is 35.6 Å². The number of benzene rings is 3. The zero-order valence-corrected chi connectivity index (χ0v) is 25.1. The van der Waals surface area contributed by atoms with Crippen molar-refractivity contribution in [1.82, 2.24) is 10.2 Å². The SMILES string of the molecule is CCCCNC(=O)[C@@H](Cc1ccccc1)N(Cc1ccccc1F)C(=O)CN(c1cc(C(F)(F)F)ccc1Cl)S(C)(=O)=O. The summed E-state index contributed by atoms with van der Waals surface area (Å²) in [5.41, 5.74) is -1.01. The van der Waals surface area contributed by atoms with Crippen molar-refractivity contribution >= 4 is 39.1 Å². The van der Waals surface area contributed by atoms with Gasteiger partial charge < -0.3 is 10.2 Å². The van der Waals surface area contributed by atoms with Crippen molar-refractivity contribution in [1.29, 1.82) is 0 Å². The minimum absolute atomic E-state index is 0.00216. The fraction of sp³-hybridized carbons (Fsp3) is 0.333. The molecular formula is C30H32ClF4N3O4S. The molecule has 13 heteroatoms. The maximum atomic E-state index is 14.8. The fourth-order valence-corrected chi connectivity index (χ4v) is 5.47. The number of anilines is 1. The number of alkyl halides is 3. The topological polar surface area (TPSA) is 86.8 Å². The van der Waals surface area contributed by atoms with Crippen LogP contribution in [0.2, 0.25) is 5.02 Å². The van der Waals surface area contributed by atoms with E-state index in [1.807, 2.05) is 6.92 Å². The maximum absolute atomic E-state index is 14.8. The van der Waals surface area contributed by atoms with Gasteiger partial charge in [0.15, 0.2) is 0 Å². The highest BCUT2D eigenvalue weighted by atomic mass is 35.5. The summed E-state index contributed by atoms with van der Waals surface area (Å²) in [6, 6.07) is 15.2. The van der Waals surface area contributed by atoms with Gasteiger partial charge in [-0.05, 0) is 36.2 Å². The second kappa shape index (κ2) is 14.7. The van der Waals surface area contributed by atoms with Crippen LogP contribution in [0.4, 0.5) is 23.2 Å². The molecule has 3 aromatic rings. The minimum Gasteiger partial charge on any atom is -0.354 e. The summed E-state index contributed by atoms with van der Waals surface area (Å²) in [5, 5.41) is 2.44. The zero-order valence-electron chi connectivity index (χ0n) is 23.6. The molecule has 3 aromatic carbocycles. The van der Waals surface area contributed by atoms with Crippen molar-refractivity contribution in [2.24, 2.45) is 0 Å². The first-order valence-corrected chi connectivity index (χ1v) is 15.6. The minimum atomic E-state index is -4.82. The monoisotopic (exact) mass is 641 g/mol. The Morgan fingerprint density at radius 1 is 1.00 bits per heavy atom. The Labute approximate surface area is 253 Å². The summed E-state index contributed by atoms with van der Waals surface area (Å²) in [7, 11) is -4.38. The molecule has 7 nitrogen and oxygen atoms in total. The number of carbonyl (C=O) groups excluding carboxylic acids is 2. The molecule has 43 heavy (non-hydrogen) atoms. The first-order valence-electron chi connectivity index (χ1n) is 13.4. The number of sulfonamides is 1. The van der Waals surface area contributed by atoms with E-state index in [1.54, 1.807) is 36.4 Å². The molecule has 3 rings (SSSR count). The van der Waals surface area contributed by atoms with Gasteiger partial charge in [-0.15, -0.1) is 0 Å². The molecule has 0 aromatic heterocycles. The molecule has 1 atom stereocenters. The number of hydrogen-bond acceptors (Lipinski definition) is 4. The molecule has 0 aliphatic heterocycles. The Bertz CT molecular complexity index is 1520. The lowest BCUT2D eigenvalue weighted by molar-refractivity contribution is -0.140. The van der Waals surface area contributed by atoms with E-state index in [0.717, 1.165) is 23.6 Å². The Morgan fingerprint density at radius 3 is 2.26 bits per heavy atom. The third kappa shape index (κ3) is 9.42. The van der Waals surface area contributed by atoms with Crippen LogP contribution in [0.25, 0.3) is 0 Å². The van der Waals surface area contributed by atoms with Crippen molar-refractivity contribution in [2.75, 3.05) is 23.7 Å². The van der Waals surface area contributed by atoms with Crippen LogP contribution in [0.3, 0.4) is 0 Å². The van der Waals surface area contributed by atoms with Gasteiger partial charge in [0, 0.05) is 25.1 Å². The molecule has 2 amide bonds. The normalized spacial score (nSPS) is 12.4. The predicted molar refractivity (Wildman–Crippen MR) is 157 cm³/mol. The average Bonchev–Trinajstić information content (AvgIpc) is 2.94. The number of amides is 2. The van der Waals surface area contributed by atoms with Crippen LogP contribution in [-0.4, -0.2) is 50.5 Å². The predicted octanol–water partition coefficient (Wildman–Crippen LogP) is 5.82. The number of hydrogen-bond donors (Lipinski definition) is 1. The Hall–Kier alpha value is -3.64. The van der Waals surface area contributed by atoms with Crippen LogP contribution in [0.5, 0.6) is 0 Å². The second-order valence-electron chi connectivity index (χ2n) is 9.90. The largest absolute Gasteiger partial charge is 0.416 e. The smallest absolute Gasteiger partial charge is 0.354 e. The van der Waals surface area contributed by atoms with Crippen molar-refractivity contribution in [3.8, 4) is 0 Å². The standard InChI is InChI=1S/C30H32ClF4N3O4S/c1-3-4-16-36-29(40)27(17-21-10-6-5-7-11-21)37(19-22-12-8-9-13-25(22)32)28(39)20-38(43(2,41)42)26-18-23(30(33,34)35)14-15-24(26)31/h5-15,18,27H,3-4,16-17,19-20H2,1-2H3,(H,36,40)/t27-/m1/s1. The van der Waals surface area contributed by atoms with Crippen LogP contribution < -0.4 is 9.62 Å². The number of unbranched alkanes of at least 4 members (excludes halogenated alkanes) is 1. The lowest BCUT2D eigenvalue weighted by Gasteiger charge is -2.33. The molecule has 0 heterocycles. The van der Waals surface area contributed by atoms with Crippen molar-refractivity contribution in [3.05, 3.63) is 100 Å². The number of rotatable bonds is 13. The number of carbonyl (C=O) groups is 2. The van der Waals surface area contributed by atoms with Gasteiger partial charge in [0.05, 0.1) is 22.5 Å². The second-order valence-corrected chi connectivity index (χ2v) is 12.2. The molecule has 0 spiro atoms. The molecule has 1 N–H and O–H groups in total. The van der Waals surface area contributed by atoms with Crippen LogP contribution in [-0.2, 0) is 38.8 Å². The maximum Gasteiger partial charge on any atom is 0.416 e. The van der Waals surface area contributed by atoms with Crippen LogP contribution in [0.15, 0.2) is 72.8 Å². The van der Waals surface area contributed by atoms with Gasteiger partial charge in [0.25, 0.3) is 0 Å². The summed E-state index contributed by atoms with van der Waals surface area (Å²) < 4.78 is 81.5. The lowest BCUT2D eigenvalue weighted by Crippen LogP contribution is -2.53. The van der Waals surface area contributed by atoms with E-state index in [9.17, 15) is 35.6 Å². The Kier molecular flexibility index (Phi) is 11.6. The molecule has 0 radical (unpaired) electrons. The van der Waals surface area contributed by atoms with Gasteiger partial charge in [-0.1, -0.05) is 73.5 Å². The third-order valence-corrected chi connectivity index (χ3v) is 8.07. The quantitative estimate of drug-likeness (QED) is 0.188.